The van der Waals surface area contributed by atoms with E-state index >= 15 is 0 Å². The molecular weight excluding hydrogens is 486 g/mol. The first-order valence-corrected chi connectivity index (χ1v) is 9.85. The summed E-state index contributed by atoms with van der Waals surface area (Å²) in [5.74, 6) is -1.82. The molecule has 0 unspecified atom stereocenters. The summed E-state index contributed by atoms with van der Waals surface area (Å²) in [6.45, 7) is 0. The van der Waals surface area contributed by atoms with Gasteiger partial charge in [0.25, 0.3) is 11.8 Å². The molecule has 1 aromatic carbocycles. The van der Waals surface area contributed by atoms with E-state index in [1.165, 1.54) is 41.5 Å². The molecule has 2 aromatic heterocycles. The van der Waals surface area contributed by atoms with Crippen LogP contribution in [0.5, 0.6) is 0 Å². The maximum Gasteiger partial charge on any atom is 0.435 e. The van der Waals surface area contributed by atoms with Crippen molar-refractivity contribution >= 4 is 40.7 Å². The van der Waals surface area contributed by atoms with Crippen LogP contribution in [0.4, 0.5) is 18.9 Å². The number of rotatable bonds is 6. The minimum atomic E-state index is -4.83. The molecule has 0 aliphatic heterocycles. The van der Waals surface area contributed by atoms with E-state index in [0.717, 1.165) is 0 Å². The van der Waals surface area contributed by atoms with Gasteiger partial charge < -0.3 is 5.32 Å². The van der Waals surface area contributed by atoms with E-state index in [9.17, 15) is 22.8 Å². The highest BCUT2D eigenvalue weighted by Gasteiger charge is 2.36. The minimum Gasteiger partial charge on any atom is -0.320 e. The molecule has 2 amide bonds. The first-order valence-electron chi connectivity index (χ1n) is 9.09. The highest BCUT2D eigenvalue weighted by atomic mass is 35.5. The molecule has 0 atom stereocenters. The Morgan fingerprint density at radius 1 is 1.09 bits per heavy atom. The van der Waals surface area contributed by atoms with Gasteiger partial charge in [-0.1, -0.05) is 23.2 Å². The monoisotopic (exact) mass is 501 g/mol. The largest absolute Gasteiger partial charge is 0.435 e. The maximum atomic E-state index is 13.3. The lowest BCUT2D eigenvalue weighted by Crippen LogP contribution is -2.45. The third-order valence-corrected chi connectivity index (χ3v) is 4.57. The number of benzene rings is 1. The topological polar surface area (TPSA) is 104 Å². The van der Waals surface area contributed by atoms with E-state index in [2.05, 4.69) is 26.4 Å². The van der Waals surface area contributed by atoms with Crippen LogP contribution in [0.2, 0.25) is 10.0 Å². The van der Waals surface area contributed by atoms with Gasteiger partial charge in [-0.05, 0) is 30.3 Å². The molecule has 0 spiro atoms. The van der Waals surface area contributed by atoms with Crippen LogP contribution in [0.25, 0.3) is 5.82 Å². The van der Waals surface area contributed by atoms with Crippen molar-refractivity contribution in [2.45, 2.75) is 6.18 Å². The number of carbonyl (C=O) groups is 2. The molecule has 0 fully saturated rings. The Morgan fingerprint density at radius 2 is 1.82 bits per heavy atom. The summed E-state index contributed by atoms with van der Waals surface area (Å²) in [6, 6.07) is 7.46. The van der Waals surface area contributed by atoms with Gasteiger partial charge in [-0.2, -0.15) is 23.8 Å². The molecule has 3 aromatic rings. The molecule has 2 heterocycles. The van der Waals surface area contributed by atoms with Gasteiger partial charge in [-0.25, -0.2) is 14.7 Å². The lowest BCUT2D eigenvalue weighted by atomic mass is 10.1. The number of anilines is 1. The van der Waals surface area contributed by atoms with Gasteiger partial charge in [-0.3, -0.25) is 15.0 Å². The highest BCUT2D eigenvalue weighted by molar-refractivity contribution is 6.32. The van der Waals surface area contributed by atoms with Crippen molar-refractivity contribution in [2.24, 2.45) is 0 Å². The number of hydrogen-bond donors (Lipinski definition) is 3. The van der Waals surface area contributed by atoms with Gasteiger partial charge in [0.2, 0.25) is 0 Å². The second-order valence-corrected chi connectivity index (χ2v) is 7.58. The molecule has 0 saturated carbocycles. The van der Waals surface area contributed by atoms with Gasteiger partial charge in [0.05, 0.1) is 16.3 Å². The smallest absolute Gasteiger partial charge is 0.320 e. The summed E-state index contributed by atoms with van der Waals surface area (Å²) in [6.07, 6.45) is -3.55. The summed E-state index contributed by atoms with van der Waals surface area (Å²) < 4.78 is 40.6. The molecular formula is C19H16Cl2F3N7O2. The molecule has 3 N–H and O–H groups in total. The second-order valence-electron chi connectivity index (χ2n) is 6.74. The number of pyridine rings is 1. The first kappa shape index (κ1) is 24.5. The summed E-state index contributed by atoms with van der Waals surface area (Å²) in [7, 11) is 3.26. The normalized spacial score (nSPS) is 11.5. The van der Waals surface area contributed by atoms with E-state index in [-0.39, 0.29) is 27.1 Å². The molecule has 9 nitrogen and oxygen atoms in total. The molecule has 0 aliphatic carbocycles. The van der Waals surface area contributed by atoms with E-state index in [1.54, 1.807) is 14.1 Å². The van der Waals surface area contributed by atoms with Crippen molar-refractivity contribution in [3.63, 3.8) is 0 Å². The Hall–Kier alpha value is -3.19. The first-order chi connectivity index (χ1) is 15.5. The fourth-order valence-electron chi connectivity index (χ4n) is 2.61. The summed E-state index contributed by atoms with van der Waals surface area (Å²) in [4.78, 5) is 29.4. The van der Waals surface area contributed by atoms with Crippen molar-refractivity contribution in [2.75, 3.05) is 19.4 Å². The fourth-order valence-corrected chi connectivity index (χ4v) is 2.98. The molecule has 3 rings (SSSR count). The van der Waals surface area contributed by atoms with E-state index < -0.39 is 29.4 Å². The number of hydrazine groups is 2. The van der Waals surface area contributed by atoms with Crippen molar-refractivity contribution in [3.05, 3.63) is 69.6 Å². The Bertz CT molecular complexity index is 1200. The molecule has 0 radical (unpaired) electrons. The Morgan fingerprint density at radius 3 is 2.45 bits per heavy atom. The standard InChI is InChI=1S/C19H16Cl2F3N7O2/c1-30(2)29-27-17(32)11-6-5-10(20)8-13(11)26-18(33)14-9-15(19(22,23)24)28-31(14)16-12(21)4-3-7-25-16/h3-9,29H,1-2H3,(H,26,33)(H,27,32). The third kappa shape index (κ3) is 5.79. The van der Waals surface area contributed by atoms with Crippen molar-refractivity contribution in [1.29, 1.82) is 0 Å². The molecule has 0 bridgehead atoms. The van der Waals surface area contributed by atoms with Crippen LogP contribution in [0.15, 0.2) is 42.6 Å². The van der Waals surface area contributed by atoms with Crippen molar-refractivity contribution < 1.29 is 22.8 Å². The van der Waals surface area contributed by atoms with Crippen molar-refractivity contribution in [1.82, 2.24) is 30.7 Å². The molecule has 33 heavy (non-hydrogen) atoms. The van der Waals surface area contributed by atoms with Gasteiger partial charge in [-0.15, -0.1) is 0 Å². The summed E-state index contributed by atoms with van der Waals surface area (Å²) >= 11 is 12.0. The number of alkyl halides is 3. The molecule has 14 heteroatoms. The third-order valence-electron chi connectivity index (χ3n) is 4.04. The van der Waals surface area contributed by atoms with Gasteiger partial charge in [0, 0.05) is 31.4 Å². The average Bonchev–Trinajstić information content (AvgIpc) is 3.18. The Kier molecular flexibility index (Phi) is 7.22. The van der Waals surface area contributed by atoms with Gasteiger partial charge in [0.15, 0.2) is 11.5 Å². The van der Waals surface area contributed by atoms with Crippen LogP contribution in [-0.2, 0) is 6.18 Å². The number of amides is 2. The number of halogens is 5. The van der Waals surface area contributed by atoms with Gasteiger partial charge >= 0.3 is 6.18 Å². The van der Waals surface area contributed by atoms with Crippen LogP contribution in [0, 0.1) is 0 Å². The van der Waals surface area contributed by atoms with Crippen LogP contribution >= 0.6 is 23.2 Å². The number of nitrogens with zero attached hydrogens (tertiary/aromatic N) is 4. The number of nitrogens with one attached hydrogen (secondary N) is 3. The lowest BCUT2D eigenvalue weighted by Gasteiger charge is -2.15. The van der Waals surface area contributed by atoms with E-state index in [4.69, 9.17) is 23.2 Å². The minimum absolute atomic E-state index is 0.0000729. The molecule has 0 aliphatic rings. The fraction of sp³-hybridized carbons (Fsp3) is 0.158. The summed E-state index contributed by atoms with van der Waals surface area (Å²) in [5, 5.41) is 7.48. The lowest BCUT2D eigenvalue weighted by molar-refractivity contribution is -0.141. The molecule has 0 saturated heterocycles. The zero-order valence-electron chi connectivity index (χ0n) is 17.0. The molecule has 174 valence electrons. The number of carbonyl (C=O) groups excluding carboxylic acids is 2. The SMILES string of the molecule is CN(C)NNC(=O)c1ccc(Cl)cc1NC(=O)c1cc(C(F)(F)F)nn1-c1ncccc1Cl. The van der Waals surface area contributed by atoms with Crippen LogP contribution < -0.4 is 16.3 Å². The van der Waals surface area contributed by atoms with E-state index in [0.29, 0.717) is 10.7 Å². The number of hydrogen-bond acceptors (Lipinski definition) is 6. The zero-order valence-corrected chi connectivity index (χ0v) is 18.5. The summed E-state index contributed by atoms with van der Waals surface area (Å²) in [5.41, 5.74) is 3.06. The van der Waals surface area contributed by atoms with E-state index in [1.807, 2.05) is 0 Å². The number of aromatic nitrogens is 3. The van der Waals surface area contributed by atoms with Crippen LogP contribution in [-0.4, -0.2) is 45.7 Å². The predicted molar refractivity (Wildman–Crippen MR) is 115 cm³/mol. The second kappa shape index (κ2) is 9.75. The Balaban J connectivity index is 2.02. The van der Waals surface area contributed by atoms with Crippen LogP contribution in [0.1, 0.15) is 26.5 Å². The quantitative estimate of drug-likeness (QED) is 0.446. The highest BCUT2D eigenvalue weighted by Crippen LogP contribution is 2.31. The van der Waals surface area contributed by atoms with Crippen LogP contribution in [0.3, 0.4) is 0 Å². The average molecular weight is 502 g/mol. The van der Waals surface area contributed by atoms with Crippen molar-refractivity contribution in [3.8, 4) is 5.82 Å². The maximum absolute atomic E-state index is 13.3. The van der Waals surface area contributed by atoms with Gasteiger partial charge in [0.1, 0.15) is 5.69 Å². The predicted octanol–water partition coefficient (Wildman–Crippen LogP) is 3.56. The Labute approximate surface area is 195 Å². The zero-order chi connectivity index (χ0) is 24.3.